The minimum atomic E-state index is 1.16. The van der Waals surface area contributed by atoms with Crippen LogP contribution in [0, 0.1) is 0 Å². The van der Waals surface area contributed by atoms with Gasteiger partial charge in [0.1, 0.15) is 0 Å². The Kier molecular flexibility index (Phi) is 5.18. The third kappa shape index (κ3) is 4.19. The molecule has 0 fully saturated rings. The van der Waals surface area contributed by atoms with Gasteiger partial charge in [0.05, 0.1) is 0 Å². The van der Waals surface area contributed by atoms with Crippen molar-refractivity contribution in [2.45, 2.75) is 26.7 Å². The van der Waals surface area contributed by atoms with Crippen molar-refractivity contribution in [1.82, 2.24) is 4.34 Å². The fourth-order valence-electron chi connectivity index (χ4n) is 0.399. The molecule has 0 saturated carbocycles. The molecule has 0 rings (SSSR count). The van der Waals surface area contributed by atoms with Crippen LogP contribution in [0.1, 0.15) is 26.7 Å². The Morgan fingerprint density at radius 2 is 2.38 bits per heavy atom. The van der Waals surface area contributed by atoms with Crippen molar-refractivity contribution < 1.29 is 0 Å². The van der Waals surface area contributed by atoms with Gasteiger partial charge in [0.15, 0.2) is 0 Å². The molecule has 0 aliphatic carbocycles. The van der Waals surface area contributed by atoms with Gasteiger partial charge in [0, 0.05) is 21.8 Å². The minimum absolute atomic E-state index is 1.16. The maximum absolute atomic E-state index is 3.13. The average Bonchev–Trinajstić information content (AvgIpc) is 1.83. The van der Waals surface area contributed by atoms with E-state index in [0.29, 0.717) is 0 Å². The zero-order chi connectivity index (χ0) is 6.41. The smallest absolute Gasteiger partial charge is 0.0462 e. The number of halogens is 1. The van der Waals surface area contributed by atoms with Gasteiger partial charge < -0.3 is 4.34 Å². The van der Waals surface area contributed by atoms with Crippen LogP contribution in [0.5, 0.6) is 0 Å². The van der Waals surface area contributed by atoms with Crippen LogP contribution >= 0.6 is 16.1 Å². The van der Waals surface area contributed by atoms with Gasteiger partial charge in [0.2, 0.25) is 0 Å². The van der Waals surface area contributed by atoms with E-state index in [-0.39, 0.29) is 0 Å². The maximum Gasteiger partial charge on any atom is 0.0462 e. The van der Waals surface area contributed by atoms with Crippen LogP contribution in [0.2, 0.25) is 0 Å². The number of hydrogen-bond acceptors (Lipinski definition) is 1. The van der Waals surface area contributed by atoms with Crippen molar-refractivity contribution in [2.75, 3.05) is 0 Å². The minimum Gasteiger partial charge on any atom is -0.327 e. The summed E-state index contributed by atoms with van der Waals surface area (Å²) < 4.78 is 2.87. The zero-order valence-electron chi connectivity index (χ0n) is 5.37. The molecule has 0 amide bonds. The van der Waals surface area contributed by atoms with E-state index in [1.165, 1.54) is 12.1 Å². The van der Waals surface area contributed by atoms with Gasteiger partial charge in [-0.05, 0) is 13.3 Å². The molecule has 0 aromatic rings. The lowest BCUT2D eigenvalue weighted by atomic mass is 10.3. The molecule has 0 spiro atoms. The van der Waals surface area contributed by atoms with Crippen LogP contribution in [0.3, 0.4) is 0 Å². The zero-order valence-corrected chi connectivity index (χ0v) is 6.96. The van der Waals surface area contributed by atoms with Crippen LogP contribution in [0.15, 0.2) is 11.8 Å². The number of unbranched alkanes of at least 4 members (excludes halogenated alkanes) is 1. The summed E-state index contributed by atoms with van der Waals surface area (Å²) in [6.07, 6.45) is 4.53. The van der Waals surface area contributed by atoms with Gasteiger partial charge in [-0.15, -0.1) is 0 Å². The lowest BCUT2D eigenvalue weighted by Crippen LogP contribution is -1.90. The molecular weight excluding hydrogens is 166 g/mol. The predicted octanol–water partition coefficient (Wildman–Crippen LogP) is 2.59. The molecule has 0 aromatic carbocycles. The summed E-state index contributed by atoms with van der Waals surface area (Å²) in [5.74, 6) is 0. The first kappa shape index (κ1) is 8.02. The summed E-state index contributed by atoms with van der Waals surface area (Å²) >= 11 is 3.13. The number of allylic oxidation sites excluding steroid dienone is 2. The highest BCUT2D eigenvalue weighted by atomic mass is 79.9. The van der Waals surface area contributed by atoms with Crippen molar-refractivity contribution >= 4 is 16.1 Å². The lowest BCUT2D eigenvalue weighted by molar-refractivity contribution is 0.941. The van der Waals surface area contributed by atoms with E-state index in [2.05, 4.69) is 33.5 Å². The molecule has 1 nitrogen and oxygen atoms in total. The van der Waals surface area contributed by atoms with Gasteiger partial charge in [-0.25, -0.2) is 0 Å². The van der Waals surface area contributed by atoms with Crippen molar-refractivity contribution in [3.63, 3.8) is 0 Å². The van der Waals surface area contributed by atoms with E-state index in [4.69, 9.17) is 0 Å². The predicted molar refractivity (Wildman–Crippen MR) is 40.7 cm³/mol. The Hall–Kier alpha value is 0.0200. The highest BCUT2D eigenvalue weighted by Crippen LogP contribution is 1.94. The fourth-order valence-corrected chi connectivity index (χ4v) is 0.561. The normalized spacial score (nSPS) is 11.6. The van der Waals surface area contributed by atoms with Crippen LogP contribution in [0.25, 0.3) is 0 Å². The van der Waals surface area contributed by atoms with Crippen LogP contribution in [-0.4, -0.2) is 0 Å². The Morgan fingerprint density at radius 1 is 1.75 bits per heavy atom. The molecule has 0 aromatic heterocycles. The third-order valence-electron chi connectivity index (χ3n) is 0.888. The largest absolute Gasteiger partial charge is 0.327 e. The molecule has 0 bridgehead atoms. The quantitative estimate of drug-likeness (QED) is 0.655. The maximum atomic E-state index is 3.13. The number of hydrogen-bond donors (Lipinski definition) is 1. The molecule has 1 N–H and O–H groups in total. The van der Waals surface area contributed by atoms with E-state index in [9.17, 15) is 0 Å². The second-order valence-corrected chi connectivity index (χ2v) is 2.17. The topological polar surface area (TPSA) is 12.0 Å². The summed E-state index contributed by atoms with van der Waals surface area (Å²) in [6, 6.07) is 0. The molecule has 0 aliphatic rings. The third-order valence-corrected chi connectivity index (χ3v) is 1.51. The van der Waals surface area contributed by atoms with Crippen LogP contribution in [0.4, 0.5) is 0 Å². The Balaban J connectivity index is 3.26. The Morgan fingerprint density at radius 3 is 2.75 bits per heavy atom. The number of nitrogens with one attached hydrogen (secondary N) is 1. The standard InChI is InChI=1S/C6H12BrN/c1-3-4-5-6(2)8-7/h5,8H,3-4H2,1-2H3/b6-5-. The molecule has 0 saturated heterocycles. The van der Waals surface area contributed by atoms with Gasteiger partial charge in [-0.1, -0.05) is 19.4 Å². The van der Waals surface area contributed by atoms with E-state index >= 15 is 0 Å². The monoisotopic (exact) mass is 177 g/mol. The second-order valence-electron chi connectivity index (χ2n) is 1.77. The van der Waals surface area contributed by atoms with Gasteiger partial charge in [-0.3, -0.25) is 0 Å². The fraction of sp³-hybridized carbons (Fsp3) is 0.667. The molecule has 2 heteroatoms. The molecule has 0 atom stereocenters. The van der Waals surface area contributed by atoms with Crippen molar-refractivity contribution in [3.05, 3.63) is 11.8 Å². The lowest BCUT2D eigenvalue weighted by Gasteiger charge is -1.93. The molecule has 48 valence electrons. The highest BCUT2D eigenvalue weighted by Gasteiger charge is 1.79. The average molecular weight is 178 g/mol. The first-order chi connectivity index (χ1) is 3.81. The van der Waals surface area contributed by atoms with Crippen molar-refractivity contribution in [3.8, 4) is 0 Å². The van der Waals surface area contributed by atoms with E-state index in [1.54, 1.807) is 0 Å². The van der Waals surface area contributed by atoms with Gasteiger partial charge in [0.25, 0.3) is 0 Å². The first-order valence-electron chi connectivity index (χ1n) is 2.84. The number of rotatable bonds is 3. The molecule has 0 radical (unpaired) electrons. The second kappa shape index (κ2) is 5.16. The summed E-state index contributed by atoms with van der Waals surface area (Å²) in [4.78, 5) is 0. The molecule has 0 heterocycles. The Bertz CT molecular complexity index is 78.6. The van der Waals surface area contributed by atoms with E-state index in [1.807, 2.05) is 6.92 Å². The Labute approximate surface area is 59.5 Å². The van der Waals surface area contributed by atoms with Gasteiger partial charge >= 0.3 is 0 Å². The van der Waals surface area contributed by atoms with Gasteiger partial charge in [-0.2, -0.15) is 0 Å². The van der Waals surface area contributed by atoms with Crippen molar-refractivity contribution in [1.29, 1.82) is 0 Å². The summed E-state index contributed by atoms with van der Waals surface area (Å²) in [6.45, 7) is 4.20. The molecule has 0 aliphatic heterocycles. The van der Waals surface area contributed by atoms with Crippen molar-refractivity contribution in [2.24, 2.45) is 0 Å². The van der Waals surface area contributed by atoms with Crippen LogP contribution < -0.4 is 4.34 Å². The molecule has 0 unspecified atom stereocenters. The highest BCUT2D eigenvalue weighted by molar-refractivity contribution is 9.08. The summed E-state index contributed by atoms with van der Waals surface area (Å²) in [5, 5.41) is 0. The van der Waals surface area contributed by atoms with E-state index < -0.39 is 0 Å². The first-order valence-corrected chi connectivity index (χ1v) is 3.64. The van der Waals surface area contributed by atoms with Crippen LogP contribution in [-0.2, 0) is 0 Å². The SMILES string of the molecule is CCC/C=C(/C)NBr. The summed E-state index contributed by atoms with van der Waals surface area (Å²) in [5.41, 5.74) is 1.19. The molecule has 8 heavy (non-hydrogen) atoms. The molecular formula is C6H12BrN. The van der Waals surface area contributed by atoms with E-state index in [0.717, 1.165) is 6.42 Å². The summed E-state index contributed by atoms with van der Waals surface area (Å²) in [7, 11) is 0.